The monoisotopic (exact) mass is 522 g/mol. The lowest BCUT2D eigenvalue weighted by atomic mass is 10.1. The fourth-order valence-electron chi connectivity index (χ4n) is 2.91. The van der Waals surface area contributed by atoms with Crippen LogP contribution in [0, 0.1) is 0 Å². The van der Waals surface area contributed by atoms with Crippen molar-refractivity contribution in [2.24, 2.45) is 0 Å². The third-order valence-corrected chi connectivity index (χ3v) is 6.08. The van der Waals surface area contributed by atoms with Gasteiger partial charge in [-0.25, -0.2) is 4.57 Å². The van der Waals surface area contributed by atoms with E-state index in [4.69, 9.17) is 18.5 Å². The van der Waals surface area contributed by atoms with Crippen LogP contribution < -0.4 is 0 Å². The van der Waals surface area contributed by atoms with Gasteiger partial charge in [-0.3, -0.25) is 18.6 Å². The van der Waals surface area contributed by atoms with Crippen molar-refractivity contribution in [3.8, 4) is 0 Å². The molecule has 0 amide bonds. The number of esters is 2. The maximum atomic E-state index is 12.2. The molecule has 0 radical (unpaired) electrons. The summed E-state index contributed by atoms with van der Waals surface area (Å²) in [6.45, 7) is 3.72. The highest BCUT2D eigenvalue weighted by atomic mass is 31.2. The smallest absolute Gasteiger partial charge is 0.462 e. The second-order valence-electron chi connectivity index (χ2n) is 9.68. The van der Waals surface area contributed by atoms with Crippen LogP contribution in [0.4, 0.5) is 0 Å². The molecule has 0 aromatic carbocycles. The zero-order valence-corrected chi connectivity index (χ0v) is 23.4. The number of phosphoric acid groups is 1. The highest BCUT2D eigenvalue weighted by Gasteiger charge is 2.26. The Labute approximate surface area is 212 Å². The molecule has 0 aliphatic heterocycles. The number of quaternary nitrogens is 1. The van der Waals surface area contributed by atoms with Crippen molar-refractivity contribution in [1.82, 2.24) is 0 Å². The Hall–Kier alpha value is -1.25. The first-order chi connectivity index (χ1) is 16.5. The van der Waals surface area contributed by atoms with Gasteiger partial charge in [0.05, 0.1) is 27.7 Å². The van der Waals surface area contributed by atoms with Crippen molar-refractivity contribution in [1.29, 1.82) is 0 Å². The van der Waals surface area contributed by atoms with Gasteiger partial charge in [-0.1, -0.05) is 58.1 Å². The maximum Gasteiger partial charge on any atom is 0.472 e. The molecule has 0 fully saturated rings. The van der Waals surface area contributed by atoms with Crippen molar-refractivity contribution in [3.05, 3.63) is 12.2 Å². The molecule has 0 spiro atoms. The van der Waals surface area contributed by atoms with Gasteiger partial charge < -0.3 is 18.9 Å². The first-order valence-corrected chi connectivity index (χ1v) is 14.4. The number of likely N-dealkylation sites (N-methyl/N-ethyl adjacent to an activating group) is 1. The van der Waals surface area contributed by atoms with Crippen LogP contribution >= 0.6 is 7.82 Å². The van der Waals surface area contributed by atoms with Gasteiger partial charge in [0, 0.05) is 12.8 Å². The summed E-state index contributed by atoms with van der Waals surface area (Å²) in [5.74, 6) is -0.915. The highest BCUT2D eigenvalue weighted by molar-refractivity contribution is 7.47. The number of unbranched alkanes of at least 4 members (excludes halogenated alkanes) is 7. The van der Waals surface area contributed by atoms with Crippen LogP contribution in [0.3, 0.4) is 0 Å². The van der Waals surface area contributed by atoms with E-state index in [0.717, 1.165) is 38.5 Å². The first kappa shape index (κ1) is 33.8. The molecule has 0 aromatic heterocycles. The lowest BCUT2D eigenvalue weighted by molar-refractivity contribution is -0.870. The minimum Gasteiger partial charge on any atom is -0.462 e. The molecule has 1 N–H and O–H groups in total. The Kier molecular flexibility index (Phi) is 19.2. The second kappa shape index (κ2) is 19.9. The van der Waals surface area contributed by atoms with E-state index in [2.05, 4.69) is 19.1 Å². The van der Waals surface area contributed by atoms with Crippen molar-refractivity contribution in [3.63, 3.8) is 0 Å². The van der Waals surface area contributed by atoms with Crippen molar-refractivity contribution in [2.45, 2.75) is 90.6 Å². The quantitative estimate of drug-likeness (QED) is 0.0682. The van der Waals surface area contributed by atoms with Gasteiger partial charge in [-0.2, -0.15) is 0 Å². The number of rotatable bonds is 22. The van der Waals surface area contributed by atoms with Crippen LogP contribution in [0.1, 0.15) is 84.5 Å². The van der Waals surface area contributed by atoms with Gasteiger partial charge in [-0.05, 0) is 25.7 Å². The maximum absolute atomic E-state index is 12.2. The fourth-order valence-corrected chi connectivity index (χ4v) is 3.65. The number of carbonyl (C=O) groups is 2. The zero-order chi connectivity index (χ0) is 26.6. The van der Waals surface area contributed by atoms with E-state index in [1.54, 1.807) is 6.92 Å². The molecule has 35 heavy (non-hydrogen) atoms. The Morgan fingerprint density at radius 1 is 0.886 bits per heavy atom. The van der Waals surface area contributed by atoms with Gasteiger partial charge in [-0.15, -0.1) is 0 Å². The highest BCUT2D eigenvalue weighted by Crippen LogP contribution is 2.43. The van der Waals surface area contributed by atoms with Gasteiger partial charge >= 0.3 is 19.8 Å². The van der Waals surface area contributed by atoms with Crippen LogP contribution in [-0.4, -0.2) is 74.9 Å². The van der Waals surface area contributed by atoms with Crippen molar-refractivity contribution >= 4 is 19.8 Å². The molecule has 0 bridgehead atoms. The normalized spacial score (nSPS) is 14.6. The third kappa shape index (κ3) is 22.9. The summed E-state index contributed by atoms with van der Waals surface area (Å²) in [6.07, 6.45) is 13.6. The molecule has 0 saturated heterocycles. The molecule has 0 rings (SSSR count). The topological polar surface area (TPSA) is 108 Å². The molecule has 206 valence electrons. The minimum absolute atomic E-state index is 0.0295. The van der Waals surface area contributed by atoms with E-state index >= 15 is 0 Å². The van der Waals surface area contributed by atoms with Crippen LogP contribution in [0.2, 0.25) is 0 Å². The number of phosphoric ester groups is 1. The third-order valence-electron chi connectivity index (χ3n) is 5.10. The molecule has 10 heteroatoms. The predicted molar refractivity (Wildman–Crippen MR) is 137 cm³/mol. The van der Waals surface area contributed by atoms with Gasteiger partial charge in [0.2, 0.25) is 0 Å². The van der Waals surface area contributed by atoms with Crippen molar-refractivity contribution in [2.75, 3.05) is 47.5 Å². The molecule has 0 aliphatic carbocycles. The molecule has 0 saturated carbocycles. The molecular formula is C25H49NO8P+. The van der Waals surface area contributed by atoms with Gasteiger partial charge in [0.1, 0.15) is 19.8 Å². The lowest BCUT2D eigenvalue weighted by Gasteiger charge is -2.24. The fraction of sp³-hybridized carbons (Fsp3) is 0.840. The van der Waals surface area contributed by atoms with Crippen LogP contribution in [0.15, 0.2) is 12.2 Å². The number of ether oxygens (including phenoxy) is 2. The number of allylic oxidation sites excluding steroid dienone is 2. The summed E-state index contributed by atoms with van der Waals surface area (Å²) in [7, 11) is 1.46. The molecule has 0 aromatic rings. The summed E-state index contributed by atoms with van der Waals surface area (Å²) < 4.78 is 33.0. The van der Waals surface area contributed by atoms with Crippen molar-refractivity contribution < 1.29 is 42.1 Å². The summed E-state index contributed by atoms with van der Waals surface area (Å²) in [5, 5.41) is 0. The molecule has 9 nitrogen and oxygen atoms in total. The molecule has 2 atom stereocenters. The van der Waals surface area contributed by atoms with Gasteiger partial charge in [0.25, 0.3) is 0 Å². The van der Waals surface area contributed by atoms with E-state index in [1.807, 2.05) is 21.1 Å². The number of hydrogen-bond acceptors (Lipinski definition) is 7. The van der Waals surface area contributed by atoms with E-state index in [-0.39, 0.29) is 26.1 Å². The average molecular weight is 523 g/mol. The molecular weight excluding hydrogens is 473 g/mol. The number of carbonyl (C=O) groups excluding carboxylic acids is 2. The molecule has 2 unspecified atom stereocenters. The van der Waals surface area contributed by atoms with E-state index in [0.29, 0.717) is 17.4 Å². The standard InChI is InChI=1S/C25H48NO8P/c1-6-8-9-10-11-12-13-14-15-16-17-18-25(28)34-23(21-31-24(27)7-2)22-33-35(29,30)32-20-19-26(3,4)5/h10-11,23H,6-9,12-22H2,1-5H3/p+1/b11-10-. The van der Waals surface area contributed by atoms with E-state index in [9.17, 15) is 19.0 Å². The van der Waals surface area contributed by atoms with Crippen LogP contribution in [-0.2, 0) is 32.7 Å². The lowest BCUT2D eigenvalue weighted by Crippen LogP contribution is -2.37. The van der Waals surface area contributed by atoms with E-state index in [1.165, 1.54) is 12.8 Å². The summed E-state index contributed by atoms with van der Waals surface area (Å²) >= 11 is 0. The average Bonchev–Trinajstić information content (AvgIpc) is 2.78. The Morgan fingerprint density at radius 2 is 1.51 bits per heavy atom. The Bertz CT molecular complexity index is 648. The van der Waals surface area contributed by atoms with E-state index < -0.39 is 32.5 Å². The number of nitrogens with zero attached hydrogens (tertiary/aromatic N) is 1. The summed E-state index contributed by atoms with van der Waals surface area (Å²) in [5.41, 5.74) is 0. The van der Waals surface area contributed by atoms with Crippen LogP contribution in [0.25, 0.3) is 0 Å². The first-order valence-electron chi connectivity index (χ1n) is 12.9. The summed E-state index contributed by atoms with van der Waals surface area (Å²) in [6, 6.07) is 0. The number of hydrogen-bond donors (Lipinski definition) is 1. The molecule has 0 heterocycles. The predicted octanol–water partition coefficient (Wildman–Crippen LogP) is 5.17. The largest absolute Gasteiger partial charge is 0.472 e. The minimum atomic E-state index is -4.32. The second-order valence-corrected chi connectivity index (χ2v) is 11.1. The van der Waals surface area contributed by atoms with Gasteiger partial charge in [0.15, 0.2) is 6.10 Å². The molecule has 0 aliphatic rings. The SMILES string of the molecule is CCCC/C=C\CCCCCCCC(=O)OC(COC(=O)CC)COP(=O)(O)OCC[N+](C)(C)C. The Morgan fingerprint density at radius 3 is 2.14 bits per heavy atom. The Balaban J connectivity index is 4.31. The zero-order valence-electron chi connectivity index (χ0n) is 22.5. The van der Waals surface area contributed by atoms with Crippen LogP contribution in [0.5, 0.6) is 0 Å². The summed E-state index contributed by atoms with van der Waals surface area (Å²) in [4.78, 5) is 33.6.